The number of rotatable bonds is 8. The lowest BCUT2D eigenvalue weighted by atomic mass is 9.98. The first-order chi connectivity index (χ1) is 19.3. The Bertz CT molecular complexity index is 1580. The van der Waals surface area contributed by atoms with Crippen LogP contribution < -0.4 is 15.4 Å². The van der Waals surface area contributed by atoms with Gasteiger partial charge in [-0.2, -0.15) is 0 Å². The van der Waals surface area contributed by atoms with E-state index in [-0.39, 0.29) is 23.3 Å². The molecule has 0 bridgehead atoms. The second kappa shape index (κ2) is 11.0. The summed E-state index contributed by atoms with van der Waals surface area (Å²) in [7, 11) is -3.91. The van der Waals surface area contributed by atoms with Crippen LogP contribution in [0.3, 0.4) is 0 Å². The zero-order valence-corrected chi connectivity index (χ0v) is 24.8. The molecule has 1 fully saturated rings. The van der Waals surface area contributed by atoms with E-state index in [1.807, 2.05) is 19.9 Å². The van der Waals surface area contributed by atoms with Crippen LogP contribution >= 0.6 is 0 Å². The van der Waals surface area contributed by atoms with Gasteiger partial charge in [0.05, 0.1) is 22.5 Å². The average Bonchev–Trinajstić information content (AvgIpc) is 3.70. The third-order valence-electron chi connectivity index (χ3n) is 7.16. The van der Waals surface area contributed by atoms with E-state index in [2.05, 4.69) is 20.3 Å². The zero-order valence-electron chi connectivity index (χ0n) is 24.0. The molecule has 5 rings (SSSR count). The van der Waals surface area contributed by atoms with Crippen molar-refractivity contribution in [2.75, 3.05) is 6.54 Å². The number of carbonyl (C=O) groups excluding carboxylic acids is 2. The summed E-state index contributed by atoms with van der Waals surface area (Å²) in [5, 5.41) is 7.16. The van der Waals surface area contributed by atoms with Gasteiger partial charge in [-0.15, -0.1) is 0 Å². The third-order valence-corrected chi connectivity index (χ3v) is 8.62. The highest BCUT2D eigenvalue weighted by Crippen LogP contribution is 2.47. The van der Waals surface area contributed by atoms with Gasteiger partial charge in [0.15, 0.2) is 0 Å². The highest BCUT2D eigenvalue weighted by atomic mass is 32.2. The Balaban J connectivity index is 1.64. The molecule has 0 saturated heterocycles. The smallest absolute Gasteiger partial charge is 0.408 e. The molecule has 3 aromatic rings. The molecule has 41 heavy (non-hydrogen) atoms. The molecule has 1 saturated carbocycles. The number of ether oxygens (including phenoxy) is 1. The van der Waals surface area contributed by atoms with E-state index < -0.39 is 33.8 Å². The van der Waals surface area contributed by atoms with Gasteiger partial charge in [-0.1, -0.05) is 13.8 Å². The van der Waals surface area contributed by atoms with Crippen LogP contribution in [0.25, 0.3) is 10.8 Å². The monoisotopic (exact) mass is 579 g/mol. The number of carbonyl (C=O) groups is 2. The molecule has 2 aromatic heterocycles. The maximum absolute atomic E-state index is 13.7. The number of hydrogen-bond donors (Lipinski definition) is 3. The standard InChI is InChI=1S/C30H37N5O5S/c1-17(2)14-33-41(38,39)26-12-21-24(34-28(36)19-7-6-10-31-15-19)13-25(35-29(37)40-30(3,4)5)27(21)22-16-32-23(11-20(22)26)18-8-9-18/h6-7,10-12,15-18,24-25,33H,8-9,13-14H2,1-5H3,(H,34,36)(H,35,37). The second-order valence-electron chi connectivity index (χ2n) is 12.3. The molecular weight excluding hydrogens is 542 g/mol. The number of nitrogens with zero attached hydrogens (tertiary/aromatic N) is 2. The minimum absolute atomic E-state index is 0.114. The van der Waals surface area contributed by atoms with Gasteiger partial charge in [-0.05, 0) is 81.3 Å². The van der Waals surface area contributed by atoms with Crippen LogP contribution in [0.1, 0.15) is 99.1 Å². The van der Waals surface area contributed by atoms with Crippen LogP contribution in [0.5, 0.6) is 0 Å². The van der Waals surface area contributed by atoms with Crippen LogP contribution in [0.2, 0.25) is 0 Å². The van der Waals surface area contributed by atoms with Gasteiger partial charge in [0.1, 0.15) is 5.60 Å². The summed E-state index contributed by atoms with van der Waals surface area (Å²) in [6, 6.07) is 5.71. The molecule has 0 spiro atoms. The van der Waals surface area contributed by atoms with Gasteiger partial charge in [0.2, 0.25) is 10.0 Å². The van der Waals surface area contributed by atoms with E-state index in [1.54, 1.807) is 51.4 Å². The number of benzene rings is 1. The fourth-order valence-corrected chi connectivity index (χ4v) is 6.58. The molecule has 2 aliphatic carbocycles. The maximum Gasteiger partial charge on any atom is 0.408 e. The van der Waals surface area contributed by atoms with Gasteiger partial charge in [-0.25, -0.2) is 17.9 Å². The number of alkyl carbamates (subject to hydrolysis) is 1. The van der Waals surface area contributed by atoms with E-state index in [9.17, 15) is 18.0 Å². The van der Waals surface area contributed by atoms with Crippen LogP contribution in [0, 0.1) is 5.92 Å². The van der Waals surface area contributed by atoms with Gasteiger partial charge >= 0.3 is 6.09 Å². The number of nitrogens with one attached hydrogen (secondary N) is 3. The van der Waals surface area contributed by atoms with Crippen molar-refractivity contribution in [1.29, 1.82) is 0 Å². The lowest BCUT2D eigenvalue weighted by Crippen LogP contribution is -2.35. The Kier molecular flexibility index (Phi) is 7.78. The van der Waals surface area contributed by atoms with Gasteiger partial charge in [0, 0.05) is 47.5 Å². The fraction of sp³-hybridized carbons (Fsp3) is 0.467. The molecular formula is C30H37N5O5S. The van der Waals surface area contributed by atoms with Crippen LogP contribution in [0.15, 0.2) is 47.8 Å². The largest absolute Gasteiger partial charge is 0.444 e. The Labute approximate surface area is 240 Å². The predicted molar refractivity (Wildman–Crippen MR) is 155 cm³/mol. The summed E-state index contributed by atoms with van der Waals surface area (Å²) in [6.45, 7) is 9.51. The van der Waals surface area contributed by atoms with Gasteiger partial charge in [0.25, 0.3) is 5.91 Å². The Morgan fingerprint density at radius 2 is 1.83 bits per heavy atom. The van der Waals surface area contributed by atoms with E-state index in [4.69, 9.17) is 9.72 Å². The summed E-state index contributed by atoms with van der Waals surface area (Å²) in [6.07, 6.45) is 6.50. The van der Waals surface area contributed by atoms with E-state index in [0.29, 0.717) is 34.2 Å². The molecule has 0 radical (unpaired) electrons. The number of amides is 2. The van der Waals surface area contributed by atoms with E-state index in [0.717, 1.165) is 24.1 Å². The van der Waals surface area contributed by atoms with Gasteiger partial charge in [-0.3, -0.25) is 14.8 Å². The molecule has 2 atom stereocenters. The highest BCUT2D eigenvalue weighted by molar-refractivity contribution is 7.89. The summed E-state index contributed by atoms with van der Waals surface area (Å²) in [4.78, 5) is 34.9. The average molecular weight is 580 g/mol. The van der Waals surface area contributed by atoms with Crippen LogP contribution in [0.4, 0.5) is 4.79 Å². The minimum Gasteiger partial charge on any atom is -0.444 e. The van der Waals surface area contributed by atoms with E-state index in [1.165, 1.54) is 6.20 Å². The molecule has 3 N–H and O–H groups in total. The highest BCUT2D eigenvalue weighted by Gasteiger charge is 2.38. The summed E-state index contributed by atoms with van der Waals surface area (Å²) in [5.41, 5.74) is 1.86. The van der Waals surface area contributed by atoms with Crippen LogP contribution in [-0.2, 0) is 14.8 Å². The SMILES string of the molecule is CC(C)CNS(=O)(=O)c1cc2c(c3cnc(C4CC4)cc13)C(NC(=O)OC(C)(C)C)CC2NC(=O)c1cccnc1. The van der Waals surface area contributed by atoms with Crippen molar-refractivity contribution in [3.8, 4) is 0 Å². The molecule has 2 unspecified atom stereocenters. The van der Waals surface area contributed by atoms with Crippen molar-refractivity contribution in [2.45, 2.75) is 82.4 Å². The molecule has 10 nitrogen and oxygen atoms in total. The first-order valence-corrected chi connectivity index (χ1v) is 15.5. The molecule has 2 aliphatic rings. The van der Waals surface area contributed by atoms with Crippen molar-refractivity contribution < 1.29 is 22.7 Å². The molecule has 2 amide bonds. The van der Waals surface area contributed by atoms with Crippen molar-refractivity contribution >= 4 is 32.8 Å². The Hall–Kier alpha value is -3.57. The fourth-order valence-electron chi connectivity index (χ4n) is 5.14. The maximum atomic E-state index is 13.7. The number of fused-ring (bicyclic) bond motifs is 3. The van der Waals surface area contributed by atoms with Crippen molar-refractivity contribution in [3.63, 3.8) is 0 Å². The number of aromatic nitrogens is 2. The summed E-state index contributed by atoms with van der Waals surface area (Å²) < 4.78 is 35.7. The lowest BCUT2D eigenvalue weighted by Gasteiger charge is -2.23. The quantitative estimate of drug-likeness (QED) is 0.346. The van der Waals surface area contributed by atoms with Gasteiger partial charge < -0.3 is 15.4 Å². The second-order valence-corrected chi connectivity index (χ2v) is 14.0. The molecule has 1 aromatic carbocycles. The van der Waals surface area contributed by atoms with E-state index >= 15 is 0 Å². The zero-order chi connectivity index (χ0) is 29.5. The molecule has 0 aliphatic heterocycles. The van der Waals surface area contributed by atoms with Crippen molar-refractivity contribution in [2.24, 2.45) is 5.92 Å². The minimum atomic E-state index is -3.91. The topological polar surface area (TPSA) is 139 Å². The number of sulfonamides is 1. The Morgan fingerprint density at radius 1 is 1.07 bits per heavy atom. The first kappa shape index (κ1) is 28.9. The number of pyridine rings is 2. The Morgan fingerprint density at radius 3 is 2.46 bits per heavy atom. The summed E-state index contributed by atoms with van der Waals surface area (Å²) >= 11 is 0. The number of hydrogen-bond acceptors (Lipinski definition) is 7. The van der Waals surface area contributed by atoms with Crippen molar-refractivity contribution in [1.82, 2.24) is 25.3 Å². The molecule has 11 heteroatoms. The van der Waals surface area contributed by atoms with Crippen molar-refractivity contribution in [3.05, 3.63) is 65.2 Å². The lowest BCUT2D eigenvalue weighted by molar-refractivity contribution is 0.0502. The first-order valence-electron chi connectivity index (χ1n) is 14.0. The molecule has 2 heterocycles. The predicted octanol–water partition coefficient (Wildman–Crippen LogP) is 4.88. The molecule has 218 valence electrons. The normalized spacial score (nSPS) is 18.8. The third kappa shape index (κ3) is 6.51. The summed E-state index contributed by atoms with van der Waals surface area (Å²) in [5.74, 6) is 0.0775. The van der Waals surface area contributed by atoms with Crippen LogP contribution in [-0.4, -0.2) is 42.5 Å².